The monoisotopic (exact) mass is 344 g/mol. The highest BCUT2D eigenvalue weighted by Crippen LogP contribution is 2.26. The van der Waals surface area contributed by atoms with Gasteiger partial charge < -0.3 is 14.7 Å². The molecule has 0 aliphatic carbocycles. The van der Waals surface area contributed by atoms with E-state index in [1.54, 1.807) is 12.5 Å². The minimum atomic E-state index is -0.203. The third kappa shape index (κ3) is 3.17. The molecule has 26 heavy (non-hydrogen) atoms. The van der Waals surface area contributed by atoms with Crippen molar-refractivity contribution in [2.24, 2.45) is 12.8 Å². The van der Waals surface area contributed by atoms with E-state index >= 15 is 0 Å². The number of benzene rings is 1. The maximum atomic E-state index is 6.37. The summed E-state index contributed by atoms with van der Waals surface area (Å²) in [5, 5.41) is 0. The van der Waals surface area contributed by atoms with Crippen molar-refractivity contribution in [3.05, 3.63) is 84.8 Å². The number of hydrogen-bond donors (Lipinski definition) is 1. The first kappa shape index (κ1) is 16.3. The van der Waals surface area contributed by atoms with Gasteiger partial charge >= 0.3 is 0 Å². The lowest BCUT2D eigenvalue weighted by Gasteiger charge is -2.13. The second-order valence-electron chi connectivity index (χ2n) is 6.25. The Kier molecular flexibility index (Phi) is 4.37. The Morgan fingerprint density at radius 1 is 1.00 bits per heavy atom. The fourth-order valence-corrected chi connectivity index (χ4v) is 3.12. The van der Waals surface area contributed by atoms with Gasteiger partial charge in [-0.15, -0.1) is 0 Å². The van der Waals surface area contributed by atoms with E-state index in [4.69, 9.17) is 10.2 Å². The quantitative estimate of drug-likeness (QED) is 0.594. The Labute approximate surface area is 152 Å². The van der Waals surface area contributed by atoms with Crippen LogP contribution >= 0.6 is 0 Å². The van der Waals surface area contributed by atoms with E-state index in [9.17, 15) is 0 Å². The summed E-state index contributed by atoms with van der Waals surface area (Å²) < 4.78 is 7.49. The van der Waals surface area contributed by atoms with Crippen LogP contribution in [-0.2, 0) is 13.5 Å². The molecule has 0 unspecified atom stereocenters. The van der Waals surface area contributed by atoms with Crippen molar-refractivity contribution in [2.45, 2.75) is 12.5 Å². The van der Waals surface area contributed by atoms with Crippen LogP contribution in [0.2, 0.25) is 0 Å². The van der Waals surface area contributed by atoms with Gasteiger partial charge in [0, 0.05) is 30.9 Å². The largest absolute Gasteiger partial charge is 0.464 e. The molecule has 5 nitrogen and oxygen atoms in total. The molecule has 5 heteroatoms. The molecule has 0 bridgehead atoms. The fraction of sp³-hybridized carbons (Fsp3) is 0.143. The van der Waals surface area contributed by atoms with Gasteiger partial charge in [-0.1, -0.05) is 30.3 Å². The van der Waals surface area contributed by atoms with Crippen molar-refractivity contribution < 1.29 is 4.42 Å². The predicted molar refractivity (Wildman–Crippen MR) is 101 cm³/mol. The molecule has 0 saturated heterocycles. The number of furan rings is 1. The second kappa shape index (κ2) is 6.98. The molecule has 0 saturated carbocycles. The zero-order valence-electron chi connectivity index (χ0n) is 14.5. The summed E-state index contributed by atoms with van der Waals surface area (Å²) in [5.74, 6) is 1.71. The first-order valence-corrected chi connectivity index (χ1v) is 8.54. The van der Waals surface area contributed by atoms with E-state index < -0.39 is 0 Å². The van der Waals surface area contributed by atoms with Gasteiger partial charge in [0.1, 0.15) is 11.6 Å². The van der Waals surface area contributed by atoms with Crippen molar-refractivity contribution in [3.8, 4) is 22.6 Å². The maximum Gasteiger partial charge on any atom is 0.133 e. The first-order chi connectivity index (χ1) is 12.7. The number of nitrogens with zero attached hydrogens (tertiary/aromatic N) is 3. The molecule has 0 fully saturated rings. The van der Waals surface area contributed by atoms with Crippen LogP contribution in [0, 0.1) is 0 Å². The second-order valence-corrected chi connectivity index (χ2v) is 6.25. The SMILES string of the molecule is Cn1c(-c2ccc(-c3ccco3)cc2)cnc1[C@@H](N)Cc1ccccn1. The molecule has 130 valence electrons. The molecule has 2 N–H and O–H groups in total. The molecule has 0 spiro atoms. The molecule has 4 aromatic rings. The third-order valence-corrected chi connectivity index (χ3v) is 4.50. The normalized spacial score (nSPS) is 12.2. The summed E-state index contributed by atoms with van der Waals surface area (Å²) in [4.78, 5) is 8.90. The topological polar surface area (TPSA) is 69.9 Å². The Bertz CT molecular complexity index is 973. The minimum absolute atomic E-state index is 0.203. The number of aromatic nitrogens is 3. The predicted octanol–water partition coefficient (Wildman–Crippen LogP) is 3.98. The smallest absolute Gasteiger partial charge is 0.133 e. The van der Waals surface area contributed by atoms with Crippen molar-refractivity contribution in [1.82, 2.24) is 14.5 Å². The minimum Gasteiger partial charge on any atom is -0.464 e. The zero-order valence-corrected chi connectivity index (χ0v) is 14.5. The molecule has 4 rings (SSSR count). The fourth-order valence-electron chi connectivity index (χ4n) is 3.12. The lowest BCUT2D eigenvalue weighted by atomic mass is 10.1. The molecule has 1 atom stereocenters. The van der Waals surface area contributed by atoms with E-state index in [-0.39, 0.29) is 6.04 Å². The van der Waals surface area contributed by atoms with Gasteiger partial charge in [-0.2, -0.15) is 0 Å². The Morgan fingerprint density at radius 2 is 1.81 bits per heavy atom. The van der Waals surface area contributed by atoms with E-state index in [1.165, 1.54) is 0 Å². The van der Waals surface area contributed by atoms with Gasteiger partial charge in [-0.3, -0.25) is 4.98 Å². The van der Waals surface area contributed by atoms with Gasteiger partial charge in [-0.05, 0) is 29.8 Å². The Hall–Kier alpha value is -3.18. The molecule has 0 aliphatic rings. The summed E-state index contributed by atoms with van der Waals surface area (Å²) in [6.45, 7) is 0. The van der Waals surface area contributed by atoms with Crippen molar-refractivity contribution >= 4 is 0 Å². The van der Waals surface area contributed by atoms with Crippen LogP contribution in [0.25, 0.3) is 22.6 Å². The van der Waals surface area contributed by atoms with Gasteiger partial charge in [0.15, 0.2) is 0 Å². The summed E-state index contributed by atoms with van der Waals surface area (Å²) in [5.41, 5.74) is 10.5. The zero-order chi connectivity index (χ0) is 17.9. The van der Waals surface area contributed by atoms with Crippen molar-refractivity contribution in [2.75, 3.05) is 0 Å². The molecule has 0 radical (unpaired) electrons. The van der Waals surface area contributed by atoms with Crippen molar-refractivity contribution in [3.63, 3.8) is 0 Å². The maximum absolute atomic E-state index is 6.37. The van der Waals surface area contributed by atoms with E-state index in [0.717, 1.165) is 34.1 Å². The van der Waals surface area contributed by atoms with Gasteiger partial charge in [-0.25, -0.2) is 4.98 Å². The lowest BCUT2D eigenvalue weighted by Crippen LogP contribution is -2.18. The molecule has 0 amide bonds. The number of nitrogens with two attached hydrogens (primary N) is 1. The number of imidazole rings is 1. The standard InChI is InChI=1S/C21H20N4O/c1-25-19(15-7-9-16(10-8-15)20-6-4-12-26-20)14-24-21(25)18(22)13-17-5-2-3-11-23-17/h2-12,14,18H,13,22H2,1H3/t18-/m0/s1. The number of pyridine rings is 1. The van der Waals surface area contributed by atoms with Gasteiger partial charge in [0.2, 0.25) is 0 Å². The van der Waals surface area contributed by atoms with Crippen LogP contribution < -0.4 is 5.73 Å². The molecular weight excluding hydrogens is 324 g/mol. The van der Waals surface area contributed by atoms with Gasteiger partial charge in [0.05, 0.1) is 24.2 Å². The molecular formula is C21H20N4O. The van der Waals surface area contributed by atoms with E-state index in [1.807, 2.05) is 43.6 Å². The highest BCUT2D eigenvalue weighted by Gasteiger charge is 2.16. The first-order valence-electron chi connectivity index (χ1n) is 8.54. The summed E-state index contributed by atoms with van der Waals surface area (Å²) >= 11 is 0. The average Bonchev–Trinajstić information content (AvgIpc) is 3.33. The molecule has 3 heterocycles. The number of hydrogen-bond acceptors (Lipinski definition) is 4. The van der Waals surface area contributed by atoms with Crippen LogP contribution in [0.1, 0.15) is 17.6 Å². The Balaban J connectivity index is 1.57. The average molecular weight is 344 g/mol. The summed E-state index contributed by atoms with van der Waals surface area (Å²) in [7, 11) is 2.00. The number of rotatable bonds is 5. The summed E-state index contributed by atoms with van der Waals surface area (Å²) in [6.07, 6.45) is 5.99. The van der Waals surface area contributed by atoms with E-state index in [2.05, 4.69) is 38.8 Å². The summed E-state index contributed by atoms with van der Waals surface area (Å²) in [6, 6.07) is 17.7. The van der Waals surface area contributed by atoms with Crippen LogP contribution in [0.4, 0.5) is 0 Å². The highest BCUT2D eigenvalue weighted by molar-refractivity contribution is 5.66. The molecule has 0 aliphatic heterocycles. The van der Waals surface area contributed by atoms with Crippen LogP contribution in [0.15, 0.2) is 77.7 Å². The third-order valence-electron chi connectivity index (χ3n) is 4.50. The van der Waals surface area contributed by atoms with Crippen LogP contribution in [0.5, 0.6) is 0 Å². The molecule has 3 aromatic heterocycles. The van der Waals surface area contributed by atoms with Crippen molar-refractivity contribution in [1.29, 1.82) is 0 Å². The van der Waals surface area contributed by atoms with E-state index in [0.29, 0.717) is 6.42 Å². The van der Waals surface area contributed by atoms with Gasteiger partial charge in [0.25, 0.3) is 0 Å². The molecule has 1 aromatic carbocycles. The Morgan fingerprint density at radius 3 is 2.50 bits per heavy atom. The lowest BCUT2D eigenvalue weighted by molar-refractivity contribution is 0.582. The van der Waals surface area contributed by atoms with Crippen LogP contribution in [0.3, 0.4) is 0 Å². The highest BCUT2D eigenvalue weighted by atomic mass is 16.3. The van der Waals surface area contributed by atoms with Crippen LogP contribution in [-0.4, -0.2) is 14.5 Å².